The Kier molecular flexibility index (Phi) is 3.38. The standard InChI is InChI=1S/C13H13N3O5S/c1-8-5-9(15-21-8)7-16(2)22(18,19)10-3-4-11-12(6-10)20-13(17)14-11/h3-6H,7H2,1-2H3,(H,14,17). The van der Waals surface area contributed by atoms with E-state index in [-0.39, 0.29) is 17.0 Å². The molecule has 9 heteroatoms. The van der Waals surface area contributed by atoms with Gasteiger partial charge in [0, 0.05) is 19.2 Å². The Morgan fingerprint density at radius 2 is 2.09 bits per heavy atom. The van der Waals surface area contributed by atoms with Gasteiger partial charge in [0.05, 0.1) is 22.7 Å². The fraction of sp³-hybridized carbons (Fsp3) is 0.231. The molecule has 0 bridgehead atoms. The van der Waals surface area contributed by atoms with Crippen LogP contribution in [0.4, 0.5) is 0 Å². The lowest BCUT2D eigenvalue weighted by Crippen LogP contribution is -2.26. The van der Waals surface area contributed by atoms with Crippen LogP contribution in [0.15, 0.2) is 42.9 Å². The molecule has 8 nitrogen and oxygen atoms in total. The van der Waals surface area contributed by atoms with E-state index in [9.17, 15) is 13.2 Å². The summed E-state index contributed by atoms with van der Waals surface area (Å²) in [5, 5.41) is 3.77. The maximum atomic E-state index is 12.5. The van der Waals surface area contributed by atoms with E-state index in [0.717, 1.165) is 4.31 Å². The second-order valence-corrected chi connectivity index (χ2v) is 6.91. The van der Waals surface area contributed by atoms with Gasteiger partial charge in [0.1, 0.15) is 5.76 Å². The maximum absolute atomic E-state index is 12.5. The molecule has 3 rings (SSSR count). The molecule has 0 unspecified atom stereocenters. The third-order valence-corrected chi connectivity index (χ3v) is 4.96. The summed E-state index contributed by atoms with van der Waals surface area (Å²) in [7, 11) is -2.29. The fourth-order valence-corrected chi connectivity index (χ4v) is 3.23. The number of nitrogens with one attached hydrogen (secondary N) is 1. The summed E-state index contributed by atoms with van der Waals surface area (Å²) < 4.78 is 36.0. The molecule has 22 heavy (non-hydrogen) atoms. The van der Waals surface area contributed by atoms with Gasteiger partial charge in [-0.2, -0.15) is 4.31 Å². The van der Waals surface area contributed by atoms with Crippen molar-refractivity contribution in [3.8, 4) is 0 Å². The number of aryl methyl sites for hydroxylation is 1. The number of aromatic amines is 1. The first-order chi connectivity index (χ1) is 10.4. The van der Waals surface area contributed by atoms with Crippen molar-refractivity contribution < 1.29 is 17.4 Å². The molecule has 1 N–H and O–H groups in total. The molecule has 0 fully saturated rings. The van der Waals surface area contributed by atoms with Crippen LogP contribution in [0.5, 0.6) is 0 Å². The number of hydrogen-bond donors (Lipinski definition) is 1. The predicted octanol–water partition coefficient (Wildman–Crippen LogP) is 1.24. The van der Waals surface area contributed by atoms with Crippen molar-refractivity contribution in [2.24, 2.45) is 0 Å². The zero-order valence-corrected chi connectivity index (χ0v) is 12.7. The Balaban J connectivity index is 1.94. The number of fused-ring (bicyclic) bond motifs is 1. The van der Waals surface area contributed by atoms with Gasteiger partial charge < -0.3 is 8.94 Å². The van der Waals surface area contributed by atoms with Crippen molar-refractivity contribution in [1.82, 2.24) is 14.4 Å². The topological polar surface area (TPSA) is 109 Å². The number of H-pyrrole nitrogens is 1. The molecule has 0 radical (unpaired) electrons. The average molecular weight is 323 g/mol. The number of nitrogens with zero attached hydrogens (tertiary/aromatic N) is 2. The largest absolute Gasteiger partial charge is 0.417 e. The smallest absolute Gasteiger partial charge is 0.408 e. The molecule has 0 aliphatic carbocycles. The van der Waals surface area contributed by atoms with Gasteiger partial charge in [-0.3, -0.25) is 4.98 Å². The van der Waals surface area contributed by atoms with Gasteiger partial charge in [-0.15, -0.1) is 0 Å². The summed E-state index contributed by atoms with van der Waals surface area (Å²) in [6.45, 7) is 1.81. The molecule has 3 aromatic rings. The quantitative estimate of drug-likeness (QED) is 0.773. The van der Waals surface area contributed by atoms with E-state index < -0.39 is 15.8 Å². The summed E-state index contributed by atoms with van der Waals surface area (Å²) in [6, 6.07) is 5.88. The third-order valence-electron chi connectivity index (χ3n) is 3.16. The number of aromatic nitrogens is 2. The summed E-state index contributed by atoms with van der Waals surface area (Å²) in [5.74, 6) is -0.0210. The number of rotatable bonds is 4. The van der Waals surface area contributed by atoms with Gasteiger partial charge in [-0.1, -0.05) is 5.16 Å². The Morgan fingerprint density at radius 3 is 2.77 bits per heavy atom. The minimum atomic E-state index is -3.73. The van der Waals surface area contributed by atoms with Crippen molar-refractivity contribution in [3.63, 3.8) is 0 Å². The van der Waals surface area contributed by atoms with Crippen LogP contribution in [0.2, 0.25) is 0 Å². The molecule has 0 amide bonds. The van der Waals surface area contributed by atoms with Crippen LogP contribution < -0.4 is 5.76 Å². The van der Waals surface area contributed by atoms with E-state index in [2.05, 4.69) is 10.1 Å². The van der Waals surface area contributed by atoms with E-state index in [4.69, 9.17) is 8.94 Å². The monoisotopic (exact) mass is 323 g/mol. The average Bonchev–Trinajstić information content (AvgIpc) is 3.02. The van der Waals surface area contributed by atoms with Crippen LogP contribution in [0, 0.1) is 6.92 Å². The van der Waals surface area contributed by atoms with E-state index in [1.807, 2.05) is 0 Å². The van der Waals surface area contributed by atoms with Crippen molar-refractivity contribution in [3.05, 3.63) is 46.3 Å². The predicted molar refractivity (Wildman–Crippen MR) is 76.7 cm³/mol. The van der Waals surface area contributed by atoms with Crippen LogP contribution >= 0.6 is 0 Å². The van der Waals surface area contributed by atoms with Gasteiger partial charge in [-0.25, -0.2) is 13.2 Å². The second-order valence-electron chi connectivity index (χ2n) is 4.86. The normalized spacial score (nSPS) is 12.3. The van der Waals surface area contributed by atoms with Crippen LogP contribution in [0.3, 0.4) is 0 Å². The van der Waals surface area contributed by atoms with Crippen molar-refractivity contribution in [1.29, 1.82) is 0 Å². The van der Waals surface area contributed by atoms with Gasteiger partial charge in [0.15, 0.2) is 5.58 Å². The second kappa shape index (κ2) is 5.11. The minimum absolute atomic E-state index is 0.0328. The Bertz CT molecular complexity index is 982. The SMILES string of the molecule is Cc1cc(CN(C)S(=O)(=O)c2ccc3[nH]c(=O)oc3c2)no1. The number of sulfonamides is 1. The zero-order valence-electron chi connectivity index (χ0n) is 11.9. The van der Waals surface area contributed by atoms with Crippen molar-refractivity contribution >= 4 is 21.1 Å². The van der Waals surface area contributed by atoms with E-state index >= 15 is 0 Å². The third kappa shape index (κ3) is 2.55. The molecule has 0 aliphatic rings. The zero-order chi connectivity index (χ0) is 15.9. The first-order valence-electron chi connectivity index (χ1n) is 6.38. The lowest BCUT2D eigenvalue weighted by molar-refractivity contribution is 0.378. The summed E-state index contributed by atoms with van der Waals surface area (Å²) >= 11 is 0. The van der Waals surface area contributed by atoms with Crippen LogP contribution in [0.25, 0.3) is 11.1 Å². The Hall–Kier alpha value is -2.39. The molecular formula is C13H13N3O5S. The van der Waals surface area contributed by atoms with E-state index in [1.54, 1.807) is 13.0 Å². The van der Waals surface area contributed by atoms with Gasteiger partial charge in [-0.05, 0) is 19.1 Å². The van der Waals surface area contributed by atoms with Crippen LogP contribution in [-0.2, 0) is 16.6 Å². The molecule has 2 aromatic heterocycles. The lowest BCUT2D eigenvalue weighted by atomic mass is 10.3. The first kappa shape index (κ1) is 14.5. The number of oxazole rings is 1. The van der Waals surface area contributed by atoms with Crippen LogP contribution in [-0.4, -0.2) is 29.9 Å². The molecule has 0 saturated heterocycles. The lowest BCUT2D eigenvalue weighted by Gasteiger charge is -2.15. The van der Waals surface area contributed by atoms with E-state index in [1.165, 1.54) is 25.2 Å². The number of hydrogen-bond acceptors (Lipinski definition) is 6. The van der Waals surface area contributed by atoms with E-state index in [0.29, 0.717) is 17.0 Å². The number of benzene rings is 1. The van der Waals surface area contributed by atoms with Crippen LogP contribution in [0.1, 0.15) is 11.5 Å². The van der Waals surface area contributed by atoms with Gasteiger partial charge in [0.25, 0.3) is 0 Å². The summed E-state index contributed by atoms with van der Waals surface area (Å²) in [5.41, 5.74) is 1.15. The molecule has 2 heterocycles. The molecule has 0 saturated carbocycles. The van der Waals surface area contributed by atoms with Crippen molar-refractivity contribution in [2.45, 2.75) is 18.4 Å². The summed E-state index contributed by atoms with van der Waals surface area (Å²) in [4.78, 5) is 13.6. The molecule has 1 aromatic carbocycles. The highest BCUT2D eigenvalue weighted by Crippen LogP contribution is 2.20. The van der Waals surface area contributed by atoms with Gasteiger partial charge >= 0.3 is 5.76 Å². The maximum Gasteiger partial charge on any atom is 0.417 e. The first-order valence-corrected chi connectivity index (χ1v) is 7.82. The molecule has 0 atom stereocenters. The minimum Gasteiger partial charge on any atom is -0.408 e. The van der Waals surface area contributed by atoms with Gasteiger partial charge in [0.2, 0.25) is 10.0 Å². The molecule has 0 aliphatic heterocycles. The molecular weight excluding hydrogens is 310 g/mol. The fourth-order valence-electron chi connectivity index (χ4n) is 2.07. The summed E-state index contributed by atoms with van der Waals surface area (Å²) in [6.07, 6.45) is 0. The molecule has 0 spiro atoms. The molecule has 116 valence electrons. The van der Waals surface area contributed by atoms with Crippen molar-refractivity contribution in [2.75, 3.05) is 7.05 Å². The highest BCUT2D eigenvalue weighted by atomic mass is 32.2. The highest BCUT2D eigenvalue weighted by Gasteiger charge is 2.23. The highest BCUT2D eigenvalue weighted by molar-refractivity contribution is 7.89. The Morgan fingerprint density at radius 1 is 1.32 bits per heavy atom. The Labute approximate surface area is 125 Å².